The molecule has 0 aliphatic heterocycles. The van der Waals surface area contributed by atoms with E-state index in [0.717, 1.165) is 12.8 Å². The van der Waals surface area contributed by atoms with E-state index in [9.17, 15) is 9.36 Å². The molecule has 1 atom stereocenters. The molecule has 0 aromatic rings. The predicted octanol–water partition coefficient (Wildman–Crippen LogP) is 2.51. The van der Waals surface area contributed by atoms with E-state index in [2.05, 4.69) is 5.32 Å². The average molecular weight is 251 g/mol. The molecule has 6 heteroatoms. The number of amides is 1. The number of rotatable bonds is 8. The topological polar surface area (TPSA) is 64.6 Å². The first kappa shape index (κ1) is 15.6. The van der Waals surface area contributed by atoms with Crippen LogP contribution in [0.25, 0.3) is 0 Å². The second-order valence-electron chi connectivity index (χ2n) is 3.58. The van der Waals surface area contributed by atoms with Gasteiger partial charge in [0.05, 0.1) is 13.2 Å². The molecule has 96 valence electrons. The van der Waals surface area contributed by atoms with Crippen molar-refractivity contribution >= 4 is 13.5 Å². The minimum Gasteiger partial charge on any atom is -0.342 e. The molecule has 0 radical (unpaired) electrons. The number of hydrogen-bond acceptors (Lipinski definition) is 4. The lowest BCUT2D eigenvalue weighted by molar-refractivity contribution is -0.119. The summed E-state index contributed by atoms with van der Waals surface area (Å²) in [5.74, 6) is -0.851. The van der Waals surface area contributed by atoms with Crippen LogP contribution in [0.5, 0.6) is 0 Å². The summed E-state index contributed by atoms with van der Waals surface area (Å²) in [6.45, 7) is 7.59. The third kappa shape index (κ3) is 5.64. The molecule has 0 heterocycles. The summed E-state index contributed by atoms with van der Waals surface area (Å²) in [5.41, 5.74) is 0. The Balaban J connectivity index is 4.49. The number of hydrogen-bond donors (Lipinski definition) is 1. The molecule has 0 bridgehead atoms. The second kappa shape index (κ2) is 7.82. The van der Waals surface area contributed by atoms with Crippen molar-refractivity contribution in [2.45, 2.75) is 46.3 Å². The Morgan fingerprint density at radius 3 is 2.00 bits per heavy atom. The highest BCUT2D eigenvalue weighted by Gasteiger charge is 2.32. The zero-order valence-corrected chi connectivity index (χ0v) is 11.4. The van der Waals surface area contributed by atoms with Gasteiger partial charge in [-0.15, -0.1) is 0 Å². The highest BCUT2D eigenvalue weighted by molar-refractivity contribution is 7.54. The summed E-state index contributed by atoms with van der Waals surface area (Å²) in [6.07, 6.45) is 1.51. The van der Waals surface area contributed by atoms with Gasteiger partial charge in [0.25, 0.3) is 0 Å². The molecule has 0 saturated carbocycles. The number of carbonyl (C=O) groups is 1. The van der Waals surface area contributed by atoms with Gasteiger partial charge in [-0.1, -0.05) is 13.8 Å². The lowest BCUT2D eigenvalue weighted by Crippen LogP contribution is -2.31. The zero-order chi connectivity index (χ0) is 12.6. The van der Waals surface area contributed by atoms with E-state index in [1.807, 2.05) is 13.8 Å². The normalized spacial score (nSPS) is 13.5. The molecule has 0 rings (SSSR count). The van der Waals surface area contributed by atoms with Gasteiger partial charge in [-0.2, -0.15) is 0 Å². The van der Waals surface area contributed by atoms with Crippen LogP contribution < -0.4 is 5.32 Å². The van der Waals surface area contributed by atoms with Gasteiger partial charge < -0.3 is 14.4 Å². The highest BCUT2D eigenvalue weighted by atomic mass is 31.2. The molecule has 0 fully saturated rings. The van der Waals surface area contributed by atoms with Crippen molar-refractivity contribution < 1.29 is 18.4 Å². The van der Waals surface area contributed by atoms with Crippen LogP contribution >= 0.6 is 7.60 Å². The van der Waals surface area contributed by atoms with Crippen molar-refractivity contribution in [3.63, 3.8) is 0 Å². The van der Waals surface area contributed by atoms with E-state index in [0.29, 0.717) is 13.2 Å². The van der Waals surface area contributed by atoms with Crippen LogP contribution in [0.2, 0.25) is 0 Å². The molecule has 5 nitrogen and oxygen atoms in total. The van der Waals surface area contributed by atoms with Gasteiger partial charge in [-0.25, -0.2) is 0 Å². The lowest BCUT2D eigenvalue weighted by atomic mass is 10.5. The molecule has 0 aromatic heterocycles. The predicted molar refractivity (Wildman–Crippen MR) is 63.4 cm³/mol. The fraction of sp³-hybridized carbons (Fsp3) is 0.900. The van der Waals surface area contributed by atoms with Crippen molar-refractivity contribution in [1.82, 2.24) is 5.32 Å². The maximum atomic E-state index is 12.3. The molecule has 0 saturated heterocycles. The van der Waals surface area contributed by atoms with E-state index >= 15 is 0 Å². The van der Waals surface area contributed by atoms with Crippen LogP contribution in [0.4, 0.5) is 0 Å². The molecule has 0 spiro atoms. The van der Waals surface area contributed by atoms with Crippen LogP contribution in [-0.2, 0) is 18.4 Å². The summed E-state index contributed by atoms with van der Waals surface area (Å²) in [7, 11) is -3.23. The summed E-state index contributed by atoms with van der Waals surface area (Å²) >= 11 is 0. The summed E-state index contributed by atoms with van der Waals surface area (Å²) in [4.78, 5) is 10.9. The Labute approximate surface area is 97.4 Å². The monoisotopic (exact) mass is 251 g/mol. The Hall–Kier alpha value is -0.380. The van der Waals surface area contributed by atoms with Crippen molar-refractivity contribution in [1.29, 1.82) is 0 Å². The van der Waals surface area contributed by atoms with Crippen LogP contribution in [0.3, 0.4) is 0 Å². The molecule has 1 amide bonds. The van der Waals surface area contributed by atoms with Gasteiger partial charge >= 0.3 is 7.60 Å². The smallest absolute Gasteiger partial charge is 0.342 e. The van der Waals surface area contributed by atoms with Crippen molar-refractivity contribution in [2.75, 3.05) is 13.2 Å². The number of nitrogens with one attached hydrogen (secondary N) is 1. The first-order valence-electron chi connectivity index (χ1n) is 5.62. The van der Waals surface area contributed by atoms with Gasteiger partial charge in [-0.05, 0) is 19.8 Å². The summed E-state index contributed by atoms with van der Waals surface area (Å²) in [6, 6.07) is 0. The minimum atomic E-state index is -3.23. The Kier molecular flexibility index (Phi) is 7.64. The third-order valence-electron chi connectivity index (χ3n) is 1.84. The maximum Gasteiger partial charge on any atom is 0.352 e. The van der Waals surface area contributed by atoms with E-state index < -0.39 is 13.4 Å². The quantitative estimate of drug-likeness (QED) is 0.673. The Morgan fingerprint density at radius 1 is 1.25 bits per heavy atom. The molecule has 16 heavy (non-hydrogen) atoms. The fourth-order valence-electron chi connectivity index (χ4n) is 1.07. The first-order chi connectivity index (χ1) is 7.46. The molecule has 1 unspecified atom stereocenters. The fourth-order valence-corrected chi connectivity index (χ4v) is 2.81. The van der Waals surface area contributed by atoms with E-state index in [1.165, 1.54) is 6.92 Å². The van der Waals surface area contributed by atoms with Gasteiger partial charge in [0, 0.05) is 6.92 Å². The van der Waals surface area contributed by atoms with Gasteiger partial charge in [0.1, 0.15) is 5.78 Å². The third-order valence-corrected chi connectivity index (χ3v) is 4.00. The highest BCUT2D eigenvalue weighted by Crippen LogP contribution is 2.52. The lowest BCUT2D eigenvalue weighted by Gasteiger charge is -2.24. The summed E-state index contributed by atoms with van der Waals surface area (Å²) < 4.78 is 22.8. The maximum absolute atomic E-state index is 12.3. The molecule has 1 N–H and O–H groups in total. The van der Waals surface area contributed by atoms with Crippen molar-refractivity contribution in [3.8, 4) is 0 Å². The minimum absolute atomic E-state index is 0.243. The average Bonchev–Trinajstić information content (AvgIpc) is 2.22. The first-order valence-corrected chi connectivity index (χ1v) is 7.23. The zero-order valence-electron chi connectivity index (χ0n) is 10.5. The van der Waals surface area contributed by atoms with E-state index in [-0.39, 0.29) is 5.91 Å². The van der Waals surface area contributed by atoms with Crippen molar-refractivity contribution in [3.05, 3.63) is 0 Å². The van der Waals surface area contributed by atoms with Gasteiger partial charge in [0.2, 0.25) is 5.91 Å². The molecular formula is C10H22NO4P. The molecule has 0 aromatic carbocycles. The van der Waals surface area contributed by atoms with Crippen LogP contribution in [0, 0.1) is 0 Å². The Morgan fingerprint density at radius 2 is 1.69 bits per heavy atom. The van der Waals surface area contributed by atoms with Gasteiger partial charge in [0.15, 0.2) is 0 Å². The van der Waals surface area contributed by atoms with Crippen LogP contribution in [0.15, 0.2) is 0 Å². The molecular weight excluding hydrogens is 229 g/mol. The van der Waals surface area contributed by atoms with E-state index in [4.69, 9.17) is 9.05 Å². The molecule has 0 aliphatic rings. The summed E-state index contributed by atoms with van der Waals surface area (Å²) in [5, 5.41) is 2.55. The van der Waals surface area contributed by atoms with E-state index in [1.54, 1.807) is 6.92 Å². The van der Waals surface area contributed by atoms with Crippen LogP contribution in [-0.4, -0.2) is 24.9 Å². The second-order valence-corrected chi connectivity index (χ2v) is 5.95. The molecule has 0 aliphatic carbocycles. The largest absolute Gasteiger partial charge is 0.352 e. The standard InChI is InChI=1S/C10H22NO4P/c1-5-7-14-16(13,15-8-6-2)10(4)11-9(3)12/h10H,5-8H2,1-4H3,(H,11,12). The van der Waals surface area contributed by atoms with Gasteiger partial charge in [-0.3, -0.25) is 9.36 Å². The SMILES string of the molecule is CCCOP(=O)(OCCC)C(C)NC(C)=O. The number of carbonyl (C=O) groups excluding carboxylic acids is 1. The van der Waals surface area contributed by atoms with Crippen LogP contribution in [0.1, 0.15) is 40.5 Å². The Bertz CT molecular complexity index is 245. The van der Waals surface area contributed by atoms with Crippen molar-refractivity contribution in [2.24, 2.45) is 0 Å².